The molecular weight excluding hydrogens is 330 g/mol. The second-order valence-electron chi connectivity index (χ2n) is 7.16. The van der Waals surface area contributed by atoms with Crippen LogP contribution < -0.4 is 5.32 Å². The van der Waals surface area contributed by atoms with E-state index in [0.29, 0.717) is 11.6 Å². The van der Waals surface area contributed by atoms with Crippen LogP contribution in [0.15, 0.2) is 29.6 Å². The standard InChI is InChI=1S/C20H27N3OS/c1-15-5-7-17(8-6-15)9-10-19(24)22-20-21-18(14-25-20)13-23-11-3-4-16(2)12-23/h5-8,14,16H,3-4,9-13H2,1-2H3,(H,21,22,24). The summed E-state index contributed by atoms with van der Waals surface area (Å²) in [6, 6.07) is 8.34. The SMILES string of the molecule is Cc1ccc(CCC(=O)Nc2nc(CN3CCCC(C)C3)cs2)cc1. The van der Waals surface area contributed by atoms with Crippen LogP contribution in [0.1, 0.15) is 43.0 Å². The van der Waals surface area contributed by atoms with Crippen molar-refractivity contribution in [3.63, 3.8) is 0 Å². The molecule has 2 heterocycles. The molecule has 0 saturated carbocycles. The van der Waals surface area contributed by atoms with Crippen molar-refractivity contribution in [2.24, 2.45) is 5.92 Å². The maximum Gasteiger partial charge on any atom is 0.226 e. The van der Waals surface area contributed by atoms with Crippen LogP contribution in [0.5, 0.6) is 0 Å². The predicted molar refractivity (Wildman–Crippen MR) is 104 cm³/mol. The van der Waals surface area contributed by atoms with Crippen LogP contribution in [0, 0.1) is 12.8 Å². The zero-order chi connectivity index (χ0) is 17.6. The monoisotopic (exact) mass is 357 g/mol. The summed E-state index contributed by atoms with van der Waals surface area (Å²) in [5.41, 5.74) is 3.50. The molecule has 25 heavy (non-hydrogen) atoms. The molecule has 0 aliphatic carbocycles. The first-order chi connectivity index (χ1) is 12.1. The molecule has 0 radical (unpaired) electrons. The molecule has 1 aromatic carbocycles. The van der Waals surface area contributed by atoms with Gasteiger partial charge in [0.2, 0.25) is 5.91 Å². The summed E-state index contributed by atoms with van der Waals surface area (Å²) in [5.74, 6) is 0.807. The lowest BCUT2D eigenvalue weighted by molar-refractivity contribution is -0.116. The summed E-state index contributed by atoms with van der Waals surface area (Å²) in [4.78, 5) is 19.2. The van der Waals surface area contributed by atoms with Gasteiger partial charge in [0.25, 0.3) is 0 Å². The van der Waals surface area contributed by atoms with Gasteiger partial charge in [-0.25, -0.2) is 4.98 Å². The Kier molecular flexibility index (Phi) is 6.21. The van der Waals surface area contributed by atoms with Crippen molar-refractivity contribution < 1.29 is 4.79 Å². The molecule has 1 N–H and O–H groups in total. The molecule has 3 rings (SSSR count). The Labute approximate surface area is 154 Å². The van der Waals surface area contributed by atoms with Crippen LogP contribution in [0.3, 0.4) is 0 Å². The fourth-order valence-corrected chi connectivity index (χ4v) is 4.01. The summed E-state index contributed by atoms with van der Waals surface area (Å²) < 4.78 is 0. The van der Waals surface area contributed by atoms with Gasteiger partial charge in [-0.1, -0.05) is 36.8 Å². The van der Waals surface area contributed by atoms with Crippen molar-refractivity contribution in [3.05, 3.63) is 46.5 Å². The lowest BCUT2D eigenvalue weighted by Gasteiger charge is -2.30. The third kappa shape index (κ3) is 5.65. The van der Waals surface area contributed by atoms with Gasteiger partial charge in [-0.2, -0.15) is 0 Å². The smallest absolute Gasteiger partial charge is 0.226 e. The van der Waals surface area contributed by atoms with E-state index < -0.39 is 0 Å². The molecule has 134 valence electrons. The van der Waals surface area contributed by atoms with E-state index >= 15 is 0 Å². The molecule has 2 aromatic rings. The first-order valence-corrected chi connectivity index (χ1v) is 9.98. The first kappa shape index (κ1) is 18.1. The fourth-order valence-electron chi connectivity index (χ4n) is 3.29. The topological polar surface area (TPSA) is 45.2 Å². The molecule has 1 amide bonds. The van der Waals surface area contributed by atoms with E-state index in [2.05, 4.69) is 58.7 Å². The summed E-state index contributed by atoms with van der Waals surface area (Å²) >= 11 is 1.52. The van der Waals surface area contributed by atoms with Gasteiger partial charge in [-0.3, -0.25) is 9.69 Å². The lowest BCUT2D eigenvalue weighted by atomic mass is 10.0. The summed E-state index contributed by atoms with van der Waals surface area (Å²) in [6.45, 7) is 7.57. The van der Waals surface area contributed by atoms with Gasteiger partial charge in [0.05, 0.1) is 5.69 Å². The number of hydrogen-bond acceptors (Lipinski definition) is 4. The minimum Gasteiger partial charge on any atom is -0.302 e. The number of nitrogens with zero attached hydrogens (tertiary/aromatic N) is 2. The number of amides is 1. The van der Waals surface area contributed by atoms with E-state index in [4.69, 9.17) is 0 Å². The number of rotatable bonds is 6. The van der Waals surface area contributed by atoms with Crippen LogP contribution in [0.4, 0.5) is 5.13 Å². The van der Waals surface area contributed by atoms with Crippen molar-refractivity contribution in [1.82, 2.24) is 9.88 Å². The van der Waals surface area contributed by atoms with Crippen LogP contribution in [-0.4, -0.2) is 28.9 Å². The third-order valence-corrected chi connectivity index (χ3v) is 5.49. The molecule has 5 heteroatoms. The maximum absolute atomic E-state index is 12.1. The van der Waals surface area contributed by atoms with Crippen molar-refractivity contribution in [1.29, 1.82) is 0 Å². The van der Waals surface area contributed by atoms with E-state index in [1.54, 1.807) is 0 Å². The Bertz CT molecular complexity index is 695. The van der Waals surface area contributed by atoms with Crippen LogP contribution in [0.25, 0.3) is 0 Å². The molecular formula is C20H27N3OS. The van der Waals surface area contributed by atoms with E-state index in [9.17, 15) is 4.79 Å². The highest BCUT2D eigenvalue weighted by molar-refractivity contribution is 7.13. The Hall–Kier alpha value is -1.72. The van der Waals surface area contributed by atoms with Crippen LogP contribution in [0.2, 0.25) is 0 Å². The molecule has 1 aliphatic heterocycles. The van der Waals surface area contributed by atoms with Crippen LogP contribution in [-0.2, 0) is 17.8 Å². The van der Waals surface area contributed by atoms with Crippen molar-refractivity contribution in [2.75, 3.05) is 18.4 Å². The minimum atomic E-state index is 0.0352. The number of nitrogens with one attached hydrogen (secondary N) is 1. The predicted octanol–water partition coefficient (Wildman–Crippen LogP) is 4.25. The molecule has 4 nitrogen and oxygen atoms in total. The number of aryl methyl sites for hydroxylation is 2. The number of carbonyl (C=O) groups excluding carboxylic acids is 1. The number of anilines is 1. The van der Waals surface area contributed by atoms with Gasteiger partial charge in [-0.15, -0.1) is 11.3 Å². The summed E-state index contributed by atoms with van der Waals surface area (Å²) in [7, 11) is 0. The third-order valence-electron chi connectivity index (χ3n) is 4.69. The van der Waals surface area contributed by atoms with Crippen molar-refractivity contribution in [3.8, 4) is 0 Å². The number of benzene rings is 1. The number of likely N-dealkylation sites (tertiary alicyclic amines) is 1. The Morgan fingerprint density at radius 1 is 1.36 bits per heavy atom. The second-order valence-corrected chi connectivity index (χ2v) is 8.02. The van der Waals surface area contributed by atoms with Gasteiger partial charge in [0.15, 0.2) is 5.13 Å². The molecule has 1 aromatic heterocycles. The molecule has 1 unspecified atom stereocenters. The van der Waals surface area contributed by atoms with Crippen molar-refractivity contribution >= 4 is 22.4 Å². The van der Waals surface area contributed by atoms with Crippen LogP contribution >= 0.6 is 11.3 Å². The number of carbonyl (C=O) groups is 1. The van der Waals surface area contributed by atoms with E-state index in [1.165, 1.54) is 35.3 Å². The van der Waals surface area contributed by atoms with Gasteiger partial charge in [-0.05, 0) is 44.2 Å². The average Bonchev–Trinajstić information content (AvgIpc) is 3.01. The van der Waals surface area contributed by atoms with Gasteiger partial charge >= 0.3 is 0 Å². The zero-order valence-corrected chi connectivity index (χ0v) is 15.9. The number of hydrogen-bond donors (Lipinski definition) is 1. The van der Waals surface area contributed by atoms with E-state index in [-0.39, 0.29) is 5.91 Å². The van der Waals surface area contributed by atoms with Crippen molar-refractivity contribution in [2.45, 2.75) is 46.1 Å². The fraction of sp³-hybridized carbons (Fsp3) is 0.500. The Morgan fingerprint density at radius 3 is 2.92 bits per heavy atom. The van der Waals surface area contributed by atoms with E-state index in [1.807, 2.05) is 0 Å². The summed E-state index contributed by atoms with van der Waals surface area (Å²) in [6.07, 6.45) is 3.85. The first-order valence-electron chi connectivity index (χ1n) is 9.10. The molecule has 1 fully saturated rings. The normalized spacial score (nSPS) is 18.2. The Morgan fingerprint density at radius 2 is 2.16 bits per heavy atom. The molecule has 0 bridgehead atoms. The largest absolute Gasteiger partial charge is 0.302 e. The quantitative estimate of drug-likeness (QED) is 0.840. The highest BCUT2D eigenvalue weighted by atomic mass is 32.1. The lowest BCUT2D eigenvalue weighted by Crippen LogP contribution is -2.33. The Balaban J connectivity index is 1.45. The molecule has 0 spiro atoms. The van der Waals surface area contributed by atoms with Gasteiger partial charge in [0.1, 0.15) is 0 Å². The second kappa shape index (κ2) is 8.59. The number of aromatic nitrogens is 1. The average molecular weight is 358 g/mol. The molecule has 1 saturated heterocycles. The molecule has 1 aliphatic rings. The summed E-state index contributed by atoms with van der Waals surface area (Å²) in [5, 5.41) is 5.72. The maximum atomic E-state index is 12.1. The highest BCUT2D eigenvalue weighted by Gasteiger charge is 2.17. The molecule has 1 atom stereocenters. The van der Waals surface area contributed by atoms with Gasteiger partial charge in [0, 0.05) is 24.9 Å². The van der Waals surface area contributed by atoms with E-state index in [0.717, 1.165) is 37.7 Å². The number of piperidine rings is 1. The highest BCUT2D eigenvalue weighted by Crippen LogP contribution is 2.21. The van der Waals surface area contributed by atoms with Gasteiger partial charge < -0.3 is 5.32 Å². The zero-order valence-electron chi connectivity index (χ0n) is 15.1. The number of thiazole rings is 1. The minimum absolute atomic E-state index is 0.0352.